The van der Waals surface area contributed by atoms with Gasteiger partial charge in [-0.25, -0.2) is 4.39 Å². The van der Waals surface area contributed by atoms with Crippen LogP contribution < -0.4 is 10.1 Å². The van der Waals surface area contributed by atoms with Gasteiger partial charge in [0.05, 0.1) is 7.11 Å². The van der Waals surface area contributed by atoms with Crippen LogP contribution in [0.5, 0.6) is 5.75 Å². The van der Waals surface area contributed by atoms with Gasteiger partial charge in [-0.2, -0.15) is 4.98 Å². The van der Waals surface area contributed by atoms with Gasteiger partial charge in [-0.05, 0) is 30.3 Å². The summed E-state index contributed by atoms with van der Waals surface area (Å²) in [5.74, 6) is -0.129. The van der Waals surface area contributed by atoms with Crippen molar-refractivity contribution in [1.29, 1.82) is 0 Å². The molecule has 1 aromatic heterocycles. The summed E-state index contributed by atoms with van der Waals surface area (Å²) >= 11 is 0. The molecule has 1 heterocycles. The zero-order valence-corrected chi connectivity index (χ0v) is 12.8. The fourth-order valence-electron chi connectivity index (χ4n) is 2.13. The van der Waals surface area contributed by atoms with Gasteiger partial charge in [0.15, 0.2) is 0 Å². The minimum absolute atomic E-state index is 0.163. The molecule has 0 radical (unpaired) electrons. The Hall–Kier alpha value is -3.22. The second-order valence-corrected chi connectivity index (χ2v) is 4.92. The fourth-order valence-corrected chi connectivity index (χ4v) is 2.13. The van der Waals surface area contributed by atoms with E-state index in [9.17, 15) is 9.18 Å². The molecule has 1 amide bonds. The molecular weight excluding hydrogens is 313 g/mol. The average Bonchev–Trinajstić information content (AvgIpc) is 3.10. The number of aromatic nitrogens is 2. The summed E-state index contributed by atoms with van der Waals surface area (Å²) in [6.45, 7) is 0.261. The third kappa shape index (κ3) is 3.40. The number of halogens is 1. The van der Waals surface area contributed by atoms with Gasteiger partial charge in [0.1, 0.15) is 11.6 Å². The molecule has 6 nitrogen and oxygen atoms in total. The van der Waals surface area contributed by atoms with Crippen molar-refractivity contribution in [2.75, 3.05) is 7.11 Å². The standard InChI is InChI=1S/C17H14FN3O3/c1-23-14-5-3-2-4-12(14)10-19-16(22)17-20-15(21-24-17)11-6-8-13(18)9-7-11/h2-9H,10H2,1H3,(H,19,22). The molecular formula is C17H14FN3O3. The fraction of sp³-hybridized carbons (Fsp3) is 0.118. The van der Waals surface area contributed by atoms with E-state index in [1.54, 1.807) is 13.2 Å². The minimum Gasteiger partial charge on any atom is -0.496 e. The Morgan fingerprint density at radius 1 is 1.21 bits per heavy atom. The van der Waals surface area contributed by atoms with Crippen molar-refractivity contribution >= 4 is 5.91 Å². The quantitative estimate of drug-likeness (QED) is 0.780. The van der Waals surface area contributed by atoms with Crippen molar-refractivity contribution in [1.82, 2.24) is 15.5 Å². The van der Waals surface area contributed by atoms with Crippen LogP contribution in [0.2, 0.25) is 0 Å². The van der Waals surface area contributed by atoms with Crippen LogP contribution in [0.3, 0.4) is 0 Å². The van der Waals surface area contributed by atoms with E-state index in [4.69, 9.17) is 9.26 Å². The molecule has 0 spiro atoms. The maximum Gasteiger partial charge on any atom is 0.316 e. The number of benzene rings is 2. The topological polar surface area (TPSA) is 77.2 Å². The normalized spacial score (nSPS) is 10.4. The van der Waals surface area contributed by atoms with E-state index in [2.05, 4.69) is 15.5 Å². The van der Waals surface area contributed by atoms with Crippen LogP contribution in [0.15, 0.2) is 53.1 Å². The Morgan fingerprint density at radius 2 is 1.96 bits per heavy atom. The molecule has 24 heavy (non-hydrogen) atoms. The highest BCUT2D eigenvalue weighted by Gasteiger charge is 2.16. The van der Waals surface area contributed by atoms with E-state index < -0.39 is 5.91 Å². The number of ether oxygens (including phenoxy) is 1. The maximum atomic E-state index is 12.9. The number of carbonyl (C=O) groups excluding carboxylic acids is 1. The van der Waals surface area contributed by atoms with Gasteiger partial charge in [0, 0.05) is 17.7 Å². The number of para-hydroxylation sites is 1. The van der Waals surface area contributed by atoms with Crippen LogP contribution in [0.25, 0.3) is 11.4 Å². The van der Waals surface area contributed by atoms with E-state index in [-0.39, 0.29) is 24.1 Å². The van der Waals surface area contributed by atoms with Gasteiger partial charge >= 0.3 is 11.8 Å². The Balaban J connectivity index is 1.69. The van der Waals surface area contributed by atoms with Crippen LogP contribution in [-0.2, 0) is 6.54 Å². The number of nitrogens with one attached hydrogen (secondary N) is 1. The first kappa shape index (κ1) is 15.7. The average molecular weight is 327 g/mol. The van der Waals surface area contributed by atoms with Crippen LogP contribution in [0, 0.1) is 5.82 Å². The van der Waals surface area contributed by atoms with Crippen molar-refractivity contribution in [3.63, 3.8) is 0 Å². The van der Waals surface area contributed by atoms with Gasteiger partial charge in [0.25, 0.3) is 0 Å². The van der Waals surface area contributed by atoms with Crippen molar-refractivity contribution in [3.8, 4) is 17.1 Å². The smallest absolute Gasteiger partial charge is 0.316 e. The van der Waals surface area contributed by atoms with Gasteiger partial charge in [-0.3, -0.25) is 4.79 Å². The van der Waals surface area contributed by atoms with Crippen LogP contribution >= 0.6 is 0 Å². The monoisotopic (exact) mass is 327 g/mol. The molecule has 0 aliphatic carbocycles. The van der Waals surface area contributed by atoms with Crippen molar-refractivity contribution in [2.45, 2.75) is 6.54 Å². The predicted molar refractivity (Wildman–Crippen MR) is 83.9 cm³/mol. The lowest BCUT2D eigenvalue weighted by atomic mass is 10.2. The molecule has 0 aliphatic heterocycles. The molecule has 0 saturated carbocycles. The predicted octanol–water partition coefficient (Wildman–Crippen LogP) is 2.81. The van der Waals surface area contributed by atoms with E-state index >= 15 is 0 Å². The van der Waals surface area contributed by atoms with Crippen molar-refractivity contribution in [3.05, 3.63) is 65.8 Å². The molecule has 0 saturated heterocycles. The highest BCUT2D eigenvalue weighted by molar-refractivity contribution is 5.89. The van der Waals surface area contributed by atoms with Gasteiger partial charge in [-0.1, -0.05) is 23.4 Å². The molecule has 122 valence electrons. The zero-order chi connectivity index (χ0) is 16.9. The van der Waals surface area contributed by atoms with Crippen LogP contribution in [0.4, 0.5) is 4.39 Å². The molecule has 3 aromatic rings. The van der Waals surface area contributed by atoms with Crippen molar-refractivity contribution in [2.24, 2.45) is 0 Å². The molecule has 0 aliphatic rings. The van der Waals surface area contributed by atoms with Gasteiger partial charge in [-0.15, -0.1) is 0 Å². The number of methoxy groups -OCH3 is 1. The summed E-state index contributed by atoms with van der Waals surface area (Å²) in [5.41, 5.74) is 1.38. The lowest BCUT2D eigenvalue weighted by molar-refractivity contribution is 0.0906. The number of nitrogens with zero attached hydrogens (tertiary/aromatic N) is 2. The van der Waals surface area contributed by atoms with E-state index in [1.807, 2.05) is 18.2 Å². The largest absolute Gasteiger partial charge is 0.496 e. The third-order valence-corrected chi connectivity index (χ3v) is 3.35. The third-order valence-electron chi connectivity index (χ3n) is 3.35. The highest BCUT2D eigenvalue weighted by atomic mass is 19.1. The SMILES string of the molecule is COc1ccccc1CNC(=O)c1nc(-c2ccc(F)cc2)no1. The van der Waals surface area contributed by atoms with Gasteiger partial charge < -0.3 is 14.6 Å². The summed E-state index contributed by atoms with van der Waals surface area (Å²) in [6, 6.07) is 12.9. The molecule has 7 heteroatoms. The van der Waals surface area contributed by atoms with E-state index in [1.165, 1.54) is 24.3 Å². The summed E-state index contributed by atoms with van der Waals surface area (Å²) in [6.07, 6.45) is 0. The van der Waals surface area contributed by atoms with Crippen LogP contribution in [0.1, 0.15) is 16.2 Å². The Labute approximate surface area is 137 Å². The number of carbonyl (C=O) groups is 1. The first-order valence-electron chi connectivity index (χ1n) is 7.17. The summed E-state index contributed by atoms with van der Waals surface area (Å²) in [5, 5.41) is 6.42. The molecule has 0 atom stereocenters. The number of hydrogen-bond donors (Lipinski definition) is 1. The molecule has 2 aromatic carbocycles. The summed E-state index contributed by atoms with van der Waals surface area (Å²) in [7, 11) is 1.56. The number of hydrogen-bond acceptors (Lipinski definition) is 5. The van der Waals surface area contributed by atoms with Gasteiger partial charge in [0.2, 0.25) is 5.82 Å². The maximum absolute atomic E-state index is 12.9. The summed E-state index contributed by atoms with van der Waals surface area (Å²) in [4.78, 5) is 16.1. The Morgan fingerprint density at radius 3 is 2.71 bits per heavy atom. The Kier molecular flexibility index (Phi) is 4.51. The second-order valence-electron chi connectivity index (χ2n) is 4.92. The first-order valence-corrected chi connectivity index (χ1v) is 7.17. The Bertz CT molecular complexity index is 846. The molecule has 3 rings (SSSR count). The second kappa shape index (κ2) is 6.91. The highest BCUT2D eigenvalue weighted by Crippen LogP contribution is 2.18. The van der Waals surface area contributed by atoms with E-state index in [0.29, 0.717) is 11.3 Å². The number of amides is 1. The summed E-state index contributed by atoms with van der Waals surface area (Å²) < 4.78 is 23.1. The first-order chi connectivity index (χ1) is 11.7. The molecule has 0 fully saturated rings. The zero-order valence-electron chi connectivity index (χ0n) is 12.8. The molecule has 0 bridgehead atoms. The molecule has 0 unspecified atom stereocenters. The van der Waals surface area contributed by atoms with Crippen LogP contribution in [-0.4, -0.2) is 23.2 Å². The number of rotatable bonds is 5. The molecule has 1 N–H and O–H groups in total. The lowest BCUT2D eigenvalue weighted by Gasteiger charge is -2.07. The van der Waals surface area contributed by atoms with E-state index in [0.717, 1.165) is 5.56 Å². The van der Waals surface area contributed by atoms with Crippen molar-refractivity contribution < 1.29 is 18.4 Å². The minimum atomic E-state index is -0.498. The lowest BCUT2D eigenvalue weighted by Crippen LogP contribution is -2.23.